The van der Waals surface area contributed by atoms with Crippen LogP contribution >= 0.6 is 23.0 Å². The first kappa shape index (κ1) is 21.5. The minimum Gasteiger partial charge on any atom is -0.458 e. The topological polar surface area (TPSA) is 69.7 Å². The Hall–Kier alpha value is -0.760. The predicted molar refractivity (Wildman–Crippen MR) is 116 cm³/mol. The molecule has 5 nitrogen and oxygen atoms in total. The Labute approximate surface area is 187 Å². The van der Waals surface area contributed by atoms with E-state index in [0.717, 1.165) is 38.5 Å². The van der Waals surface area contributed by atoms with Crippen molar-refractivity contribution in [2.45, 2.75) is 71.8 Å². The van der Waals surface area contributed by atoms with E-state index in [4.69, 9.17) is 7.80 Å². The van der Waals surface area contributed by atoms with E-state index in [0.29, 0.717) is 24.2 Å². The summed E-state index contributed by atoms with van der Waals surface area (Å²) in [5.41, 5.74) is 1.22. The van der Waals surface area contributed by atoms with E-state index in [9.17, 15) is 14.4 Å². The van der Waals surface area contributed by atoms with Crippen molar-refractivity contribution < 1.29 is 22.2 Å². The number of rotatable bonds is 4. The second-order valence-corrected chi connectivity index (χ2v) is 10.6. The molecule has 0 saturated heterocycles. The van der Waals surface area contributed by atoms with E-state index < -0.39 is 5.97 Å². The minimum atomic E-state index is -0.401. The van der Waals surface area contributed by atoms with Gasteiger partial charge in [-0.05, 0) is 73.2 Å². The van der Waals surface area contributed by atoms with Gasteiger partial charge in [0.1, 0.15) is 29.6 Å². The van der Waals surface area contributed by atoms with E-state index in [1.165, 1.54) is 12.5 Å². The maximum absolute atomic E-state index is 12.9. The quantitative estimate of drug-likeness (QED) is 0.405. The molecule has 0 heterocycles. The number of allylic oxidation sites excluding steroid dienone is 1. The monoisotopic (exact) mass is 514 g/mol. The molecule has 1 unspecified atom stereocenters. The molecule has 0 N–H and O–H groups in total. The first-order valence-electron chi connectivity index (χ1n) is 10.9. The van der Waals surface area contributed by atoms with Crippen LogP contribution in [0.4, 0.5) is 0 Å². The van der Waals surface area contributed by atoms with E-state index >= 15 is 0 Å². The fourth-order valence-electron chi connectivity index (χ4n) is 7.54. The minimum absolute atomic E-state index is 0.0217. The normalized spacial score (nSPS) is 43.7. The van der Waals surface area contributed by atoms with Crippen LogP contribution in [0, 0.1) is 34.5 Å². The van der Waals surface area contributed by atoms with Crippen LogP contribution < -0.4 is 0 Å². The molecule has 6 heteroatoms. The first-order chi connectivity index (χ1) is 13.7. The summed E-state index contributed by atoms with van der Waals surface area (Å²) in [6.07, 6.45) is 8.36. The molecular formula is C23H31IO5. The van der Waals surface area contributed by atoms with Crippen molar-refractivity contribution >= 4 is 40.5 Å². The number of carbonyl (C=O) groups is 3. The lowest BCUT2D eigenvalue weighted by Crippen LogP contribution is -2.57. The van der Waals surface area contributed by atoms with Crippen LogP contribution in [0.25, 0.3) is 0 Å². The number of carbonyl (C=O) groups excluding carboxylic acids is 3. The second kappa shape index (κ2) is 7.74. The summed E-state index contributed by atoms with van der Waals surface area (Å²) in [4.78, 5) is 36.2. The number of hydrogen-bond donors (Lipinski definition) is 0. The third kappa shape index (κ3) is 3.42. The summed E-state index contributed by atoms with van der Waals surface area (Å²) in [6, 6.07) is 0. The first-order valence-corrected chi connectivity index (χ1v) is 11.8. The molecule has 0 aromatic carbocycles. The van der Waals surface area contributed by atoms with E-state index in [1.54, 1.807) is 0 Å². The Morgan fingerprint density at radius 1 is 1.21 bits per heavy atom. The van der Waals surface area contributed by atoms with Gasteiger partial charge in [0.05, 0.1) is 6.10 Å². The summed E-state index contributed by atoms with van der Waals surface area (Å²) in [5.74, 6) is 1.24. The molecule has 4 rings (SSSR count). The number of Topliss-reactive ketones (excluding diaryl/α,β-unsaturated/α-hetero) is 1. The van der Waals surface area contributed by atoms with E-state index in [-0.39, 0.29) is 41.0 Å². The van der Waals surface area contributed by atoms with Crippen molar-refractivity contribution in [1.82, 2.24) is 0 Å². The smallest absolute Gasteiger partial charge is 0.303 e. The van der Waals surface area contributed by atoms with Crippen LogP contribution in [0.1, 0.15) is 65.7 Å². The van der Waals surface area contributed by atoms with Gasteiger partial charge in [-0.15, -0.1) is 0 Å². The molecule has 160 valence electrons. The fraction of sp³-hybridized carbons (Fsp3) is 0.783. The third-order valence-electron chi connectivity index (χ3n) is 8.79. The second-order valence-electron chi connectivity index (χ2n) is 10.1. The summed E-state index contributed by atoms with van der Waals surface area (Å²) in [7, 11) is 0. The number of fused-ring (bicyclic) bond motifs is 5. The summed E-state index contributed by atoms with van der Waals surface area (Å²) < 4.78 is 11.1. The number of halogens is 1. The van der Waals surface area contributed by atoms with Crippen LogP contribution in [-0.2, 0) is 22.2 Å². The molecule has 3 saturated carbocycles. The Kier molecular flexibility index (Phi) is 5.73. The zero-order valence-electron chi connectivity index (χ0n) is 17.5. The lowest BCUT2D eigenvalue weighted by molar-refractivity contribution is -0.151. The van der Waals surface area contributed by atoms with E-state index in [1.807, 2.05) is 29.1 Å². The SMILES string of the molecule is CC(=O)OCC(=O)[C@H]1CCC2[C@@H]3CCC4=CC(=O)CC[C@]4(C)[C@H]3[C@@H](OI)C[C@@]21C. The Morgan fingerprint density at radius 3 is 2.66 bits per heavy atom. The van der Waals surface area contributed by atoms with Gasteiger partial charge in [-0.3, -0.25) is 14.4 Å². The molecule has 4 aliphatic rings. The fourth-order valence-corrected chi connectivity index (χ4v) is 8.03. The van der Waals surface area contributed by atoms with E-state index in [2.05, 4.69) is 13.8 Å². The Bertz CT molecular complexity index is 760. The highest BCUT2D eigenvalue weighted by molar-refractivity contribution is 14.1. The molecule has 4 aliphatic carbocycles. The number of ether oxygens (including phenoxy) is 1. The zero-order valence-corrected chi connectivity index (χ0v) is 19.7. The average Bonchev–Trinajstić information content (AvgIpc) is 3.02. The van der Waals surface area contributed by atoms with Gasteiger partial charge in [0.2, 0.25) is 0 Å². The number of esters is 1. The van der Waals surface area contributed by atoms with Crippen molar-refractivity contribution in [2.75, 3.05) is 6.61 Å². The summed E-state index contributed by atoms with van der Waals surface area (Å²) in [6.45, 7) is 5.84. The molecule has 0 bridgehead atoms. The van der Waals surface area contributed by atoms with Crippen molar-refractivity contribution in [2.24, 2.45) is 34.5 Å². The van der Waals surface area contributed by atoms with Crippen molar-refractivity contribution in [1.29, 1.82) is 0 Å². The Balaban J connectivity index is 1.64. The summed E-state index contributed by atoms with van der Waals surface area (Å²) >= 11 is 2.04. The molecule has 29 heavy (non-hydrogen) atoms. The van der Waals surface area contributed by atoms with Crippen molar-refractivity contribution in [3.8, 4) is 0 Å². The van der Waals surface area contributed by atoms with Gasteiger partial charge >= 0.3 is 5.97 Å². The standard InChI is InChI=1S/C23H31IO5/c1-13(25)28-12-19(27)18-7-6-17-16-5-4-14-10-15(26)8-9-22(14,2)21(16)20(29-24)11-23(17,18)3/h10,16-18,20-21H,4-9,11-12H2,1-3H3/t16-,17?,18+,20-,21+,22-,23-/m0/s1. The van der Waals surface area contributed by atoms with Gasteiger partial charge < -0.3 is 7.80 Å². The maximum Gasteiger partial charge on any atom is 0.303 e. The van der Waals surface area contributed by atoms with Crippen LogP contribution in [0.5, 0.6) is 0 Å². The highest BCUT2D eigenvalue weighted by Gasteiger charge is 2.63. The predicted octanol–water partition coefficient (Wildman–Crippen LogP) is 4.61. The Morgan fingerprint density at radius 2 is 1.97 bits per heavy atom. The van der Waals surface area contributed by atoms with Gasteiger partial charge in [-0.25, -0.2) is 0 Å². The van der Waals surface area contributed by atoms with Gasteiger partial charge in [-0.1, -0.05) is 19.4 Å². The average molecular weight is 514 g/mol. The molecule has 0 aromatic rings. The van der Waals surface area contributed by atoms with Crippen molar-refractivity contribution in [3.05, 3.63) is 11.6 Å². The largest absolute Gasteiger partial charge is 0.458 e. The lowest BCUT2D eigenvalue weighted by atomic mass is 9.46. The molecule has 0 radical (unpaired) electrons. The molecule has 3 fully saturated rings. The highest BCUT2D eigenvalue weighted by atomic mass is 127. The van der Waals surface area contributed by atoms with Gasteiger partial charge in [0.15, 0.2) is 11.6 Å². The van der Waals surface area contributed by atoms with Gasteiger partial charge in [0, 0.05) is 19.3 Å². The highest BCUT2D eigenvalue weighted by Crippen LogP contribution is 2.67. The van der Waals surface area contributed by atoms with Crippen LogP contribution in [0.3, 0.4) is 0 Å². The molecule has 0 amide bonds. The lowest BCUT2D eigenvalue weighted by Gasteiger charge is -2.60. The van der Waals surface area contributed by atoms with Gasteiger partial charge in [0.25, 0.3) is 0 Å². The molecule has 0 spiro atoms. The van der Waals surface area contributed by atoms with Crippen molar-refractivity contribution in [3.63, 3.8) is 0 Å². The van der Waals surface area contributed by atoms with Crippen LogP contribution in [-0.4, -0.2) is 30.2 Å². The van der Waals surface area contributed by atoms with Gasteiger partial charge in [-0.2, -0.15) is 0 Å². The third-order valence-corrected chi connectivity index (χ3v) is 9.45. The molecule has 0 aliphatic heterocycles. The molecular weight excluding hydrogens is 483 g/mol. The van der Waals surface area contributed by atoms with Crippen LogP contribution in [0.2, 0.25) is 0 Å². The summed E-state index contributed by atoms with van der Waals surface area (Å²) in [5, 5.41) is 0. The zero-order chi connectivity index (χ0) is 21.0. The van der Waals surface area contributed by atoms with Crippen LogP contribution in [0.15, 0.2) is 11.6 Å². The maximum atomic E-state index is 12.9. The number of ketones is 2. The number of hydrogen-bond acceptors (Lipinski definition) is 5. The molecule has 0 aromatic heterocycles. The molecule has 7 atom stereocenters.